The van der Waals surface area contributed by atoms with Crippen molar-refractivity contribution in [2.24, 2.45) is 0 Å². The van der Waals surface area contributed by atoms with Crippen molar-refractivity contribution < 1.29 is 33.6 Å². The number of aliphatic hydroxyl groups is 1. The number of aliphatic hydroxyl groups excluding tert-OH is 1. The first kappa shape index (κ1) is 21.8. The fraction of sp³-hybridized carbons (Fsp3) is 0.600. The molecule has 1 aliphatic rings. The monoisotopic (exact) mass is 395 g/mol. The number of rotatable bonds is 8. The van der Waals surface area contributed by atoms with E-state index in [1.807, 2.05) is 0 Å². The topological polar surface area (TPSA) is 94.5 Å². The Balaban J connectivity index is 2.28. The van der Waals surface area contributed by atoms with Crippen LogP contribution in [0.5, 0.6) is 17.2 Å². The van der Waals surface area contributed by atoms with Crippen molar-refractivity contribution in [1.29, 1.82) is 0 Å². The molecule has 2 atom stereocenters. The van der Waals surface area contributed by atoms with Gasteiger partial charge in [-0.2, -0.15) is 0 Å². The molecule has 1 aliphatic heterocycles. The first-order chi connectivity index (χ1) is 13.5. The Morgan fingerprint density at radius 1 is 1.14 bits per heavy atom. The van der Waals surface area contributed by atoms with E-state index in [1.165, 1.54) is 21.3 Å². The minimum Gasteiger partial charge on any atom is -0.493 e. The molecule has 28 heavy (non-hydrogen) atoms. The number of hydrogen-bond acceptors (Lipinski definition) is 7. The SMILES string of the molecule is COc1cc([C@H](C)C(=O)N2CCCC[C@H]2C(=O)OCCO)cc(OC)c1OC. The van der Waals surface area contributed by atoms with E-state index in [1.54, 1.807) is 24.0 Å². The number of methoxy groups -OCH3 is 3. The summed E-state index contributed by atoms with van der Waals surface area (Å²) in [5.41, 5.74) is 0.701. The summed E-state index contributed by atoms with van der Waals surface area (Å²) >= 11 is 0. The summed E-state index contributed by atoms with van der Waals surface area (Å²) < 4.78 is 21.1. The summed E-state index contributed by atoms with van der Waals surface area (Å²) in [5.74, 6) is 0.235. The molecule has 0 spiro atoms. The van der Waals surface area contributed by atoms with E-state index in [2.05, 4.69) is 0 Å². The lowest BCUT2D eigenvalue weighted by molar-refractivity contribution is -0.158. The summed E-state index contributed by atoms with van der Waals surface area (Å²) in [7, 11) is 4.56. The van der Waals surface area contributed by atoms with Crippen LogP contribution in [0.3, 0.4) is 0 Å². The van der Waals surface area contributed by atoms with E-state index in [0.29, 0.717) is 35.8 Å². The largest absolute Gasteiger partial charge is 0.493 e. The fourth-order valence-corrected chi connectivity index (χ4v) is 3.43. The highest BCUT2D eigenvalue weighted by atomic mass is 16.5. The highest BCUT2D eigenvalue weighted by molar-refractivity contribution is 5.89. The third-order valence-electron chi connectivity index (χ3n) is 4.95. The van der Waals surface area contributed by atoms with Gasteiger partial charge in [-0.15, -0.1) is 0 Å². The molecule has 1 N–H and O–H groups in total. The van der Waals surface area contributed by atoms with Gasteiger partial charge in [0, 0.05) is 6.54 Å². The number of carbonyl (C=O) groups excluding carboxylic acids is 2. The second-order valence-electron chi connectivity index (χ2n) is 6.61. The number of ether oxygens (including phenoxy) is 4. The Morgan fingerprint density at radius 2 is 1.79 bits per heavy atom. The van der Waals surface area contributed by atoms with Gasteiger partial charge in [0.05, 0.1) is 33.9 Å². The van der Waals surface area contributed by atoms with Gasteiger partial charge in [-0.05, 0) is 43.9 Å². The molecule has 1 fully saturated rings. The average Bonchev–Trinajstić information content (AvgIpc) is 2.75. The highest BCUT2D eigenvalue weighted by Gasteiger charge is 2.36. The Hall–Kier alpha value is -2.48. The number of piperidine rings is 1. The molecule has 0 bridgehead atoms. The summed E-state index contributed by atoms with van der Waals surface area (Å²) in [6, 6.07) is 2.86. The lowest BCUT2D eigenvalue weighted by Crippen LogP contribution is -2.50. The van der Waals surface area contributed by atoms with Crippen LogP contribution < -0.4 is 14.2 Å². The van der Waals surface area contributed by atoms with Crippen LogP contribution in [0.1, 0.15) is 37.7 Å². The van der Waals surface area contributed by atoms with Gasteiger partial charge in [0.2, 0.25) is 11.7 Å². The van der Waals surface area contributed by atoms with Crippen LogP contribution in [0, 0.1) is 0 Å². The number of amides is 1. The number of nitrogens with zero attached hydrogens (tertiary/aromatic N) is 1. The predicted molar refractivity (Wildman–Crippen MR) is 102 cm³/mol. The van der Waals surface area contributed by atoms with Gasteiger partial charge in [-0.3, -0.25) is 4.79 Å². The molecule has 8 nitrogen and oxygen atoms in total. The minimum atomic E-state index is -0.628. The molecule has 8 heteroatoms. The molecule has 2 rings (SSSR count). The summed E-state index contributed by atoms with van der Waals surface area (Å²) in [6.07, 6.45) is 2.23. The van der Waals surface area contributed by atoms with E-state index in [9.17, 15) is 9.59 Å². The van der Waals surface area contributed by atoms with Gasteiger partial charge in [0.1, 0.15) is 12.6 Å². The molecule has 0 radical (unpaired) electrons. The van der Waals surface area contributed by atoms with E-state index >= 15 is 0 Å². The number of benzene rings is 1. The number of carbonyl (C=O) groups is 2. The Kier molecular flexibility index (Phi) is 7.92. The van der Waals surface area contributed by atoms with Crippen LogP contribution in [0.4, 0.5) is 0 Å². The van der Waals surface area contributed by atoms with E-state index in [0.717, 1.165) is 12.8 Å². The molecule has 1 heterocycles. The smallest absolute Gasteiger partial charge is 0.328 e. The van der Waals surface area contributed by atoms with Crippen molar-refractivity contribution in [3.8, 4) is 17.2 Å². The lowest BCUT2D eigenvalue weighted by atomic mass is 9.95. The molecule has 0 aromatic heterocycles. The standard InChI is InChI=1S/C20H29NO7/c1-13(14-11-16(25-2)18(27-4)17(12-14)26-3)19(23)21-8-6-5-7-15(21)20(24)28-10-9-22/h11-13,15,22H,5-10H2,1-4H3/t13-,15-/m0/s1. The lowest BCUT2D eigenvalue weighted by Gasteiger charge is -2.35. The summed E-state index contributed by atoms with van der Waals surface area (Å²) in [6.45, 7) is 1.97. The Bertz CT molecular complexity index is 666. The van der Waals surface area contributed by atoms with Gasteiger partial charge >= 0.3 is 5.97 Å². The Labute approximate surface area is 165 Å². The molecule has 1 amide bonds. The maximum Gasteiger partial charge on any atom is 0.328 e. The van der Waals surface area contributed by atoms with Crippen LogP contribution in [0.2, 0.25) is 0 Å². The van der Waals surface area contributed by atoms with Gasteiger partial charge in [-0.1, -0.05) is 0 Å². The summed E-state index contributed by atoms with van der Waals surface area (Å²) in [5, 5.41) is 8.88. The van der Waals surface area contributed by atoms with Crippen molar-refractivity contribution in [3.05, 3.63) is 17.7 Å². The zero-order valence-electron chi connectivity index (χ0n) is 16.9. The van der Waals surface area contributed by atoms with Crippen LogP contribution >= 0.6 is 0 Å². The molecule has 156 valence electrons. The van der Waals surface area contributed by atoms with E-state index in [4.69, 9.17) is 24.1 Å². The quantitative estimate of drug-likeness (QED) is 0.670. The van der Waals surface area contributed by atoms with Crippen molar-refractivity contribution >= 4 is 11.9 Å². The van der Waals surface area contributed by atoms with Crippen LogP contribution in [0.25, 0.3) is 0 Å². The van der Waals surface area contributed by atoms with Crippen molar-refractivity contribution in [1.82, 2.24) is 4.90 Å². The van der Waals surface area contributed by atoms with Crippen molar-refractivity contribution in [2.75, 3.05) is 41.1 Å². The normalized spacial score (nSPS) is 17.6. The fourth-order valence-electron chi connectivity index (χ4n) is 3.43. The van der Waals surface area contributed by atoms with E-state index in [-0.39, 0.29) is 19.1 Å². The minimum absolute atomic E-state index is 0.0696. The molecular formula is C20H29NO7. The summed E-state index contributed by atoms with van der Waals surface area (Å²) in [4.78, 5) is 27.1. The highest BCUT2D eigenvalue weighted by Crippen LogP contribution is 2.40. The molecule has 1 aromatic carbocycles. The van der Waals surface area contributed by atoms with Gasteiger partial charge in [-0.25, -0.2) is 4.79 Å². The molecular weight excluding hydrogens is 366 g/mol. The van der Waals surface area contributed by atoms with E-state index < -0.39 is 17.9 Å². The number of esters is 1. The molecule has 1 saturated heterocycles. The van der Waals surface area contributed by atoms with Crippen molar-refractivity contribution in [3.63, 3.8) is 0 Å². The molecule has 0 unspecified atom stereocenters. The van der Waals surface area contributed by atoms with Crippen LogP contribution in [-0.2, 0) is 14.3 Å². The maximum atomic E-state index is 13.2. The number of hydrogen-bond donors (Lipinski definition) is 1. The zero-order chi connectivity index (χ0) is 20.7. The second-order valence-corrected chi connectivity index (χ2v) is 6.61. The first-order valence-corrected chi connectivity index (χ1v) is 9.36. The third kappa shape index (κ3) is 4.67. The predicted octanol–water partition coefficient (Wildman–Crippen LogP) is 1.73. The molecule has 1 aromatic rings. The van der Waals surface area contributed by atoms with Gasteiger partial charge in [0.15, 0.2) is 11.5 Å². The number of likely N-dealkylation sites (tertiary alicyclic amines) is 1. The Morgan fingerprint density at radius 3 is 2.32 bits per heavy atom. The molecule has 0 aliphatic carbocycles. The van der Waals surface area contributed by atoms with Crippen LogP contribution in [0.15, 0.2) is 12.1 Å². The first-order valence-electron chi connectivity index (χ1n) is 9.36. The zero-order valence-corrected chi connectivity index (χ0v) is 16.9. The van der Waals surface area contributed by atoms with Crippen LogP contribution in [-0.4, -0.2) is 69.0 Å². The second kappa shape index (κ2) is 10.2. The van der Waals surface area contributed by atoms with Gasteiger partial charge < -0.3 is 29.0 Å². The maximum absolute atomic E-state index is 13.2. The van der Waals surface area contributed by atoms with Gasteiger partial charge in [0.25, 0.3) is 0 Å². The van der Waals surface area contributed by atoms with Crippen molar-refractivity contribution in [2.45, 2.75) is 38.1 Å². The molecule has 0 saturated carbocycles. The average molecular weight is 395 g/mol. The third-order valence-corrected chi connectivity index (χ3v) is 4.95.